The number of urea groups is 1. The predicted octanol–water partition coefficient (Wildman–Crippen LogP) is 1.75. The van der Waals surface area contributed by atoms with Crippen molar-refractivity contribution in [3.05, 3.63) is 29.8 Å². The molecule has 0 aliphatic carbocycles. The first-order chi connectivity index (χ1) is 9.72. The lowest BCUT2D eigenvalue weighted by molar-refractivity contribution is 0.238. The minimum atomic E-state index is -0.145. The molecule has 1 fully saturated rings. The highest BCUT2D eigenvalue weighted by atomic mass is 16.2. The quantitative estimate of drug-likeness (QED) is 0.767. The van der Waals surface area contributed by atoms with E-state index >= 15 is 0 Å². The number of hydrogen-bond acceptors (Lipinski definition) is 3. The maximum atomic E-state index is 11.9. The van der Waals surface area contributed by atoms with Crippen LogP contribution in [0.5, 0.6) is 0 Å². The minimum absolute atomic E-state index is 0.145. The van der Waals surface area contributed by atoms with Gasteiger partial charge in [-0.3, -0.25) is 4.90 Å². The van der Waals surface area contributed by atoms with Gasteiger partial charge in [0.1, 0.15) is 0 Å². The molecule has 5 nitrogen and oxygen atoms in total. The van der Waals surface area contributed by atoms with Gasteiger partial charge in [-0.1, -0.05) is 19.1 Å². The van der Waals surface area contributed by atoms with Crippen molar-refractivity contribution in [2.45, 2.75) is 32.4 Å². The predicted molar refractivity (Wildman–Crippen MR) is 81.6 cm³/mol. The van der Waals surface area contributed by atoms with Crippen LogP contribution in [0.3, 0.4) is 0 Å². The van der Waals surface area contributed by atoms with E-state index in [1.54, 1.807) is 0 Å². The molecule has 1 aromatic rings. The third-order valence-corrected chi connectivity index (χ3v) is 3.85. The maximum Gasteiger partial charge on any atom is 0.319 e. The molecule has 0 bridgehead atoms. The number of carbonyl (C=O) groups is 1. The van der Waals surface area contributed by atoms with Crippen LogP contribution >= 0.6 is 0 Å². The summed E-state index contributed by atoms with van der Waals surface area (Å²) in [4.78, 5) is 14.3. The number of nitrogens with one attached hydrogen (secondary N) is 2. The van der Waals surface area contributed by atoms with E-state index in [4.69, 9.17) is 5.73 Å². The Morgan fingerprint density at radius 3 is 2.80 bits per heavy atom. The second-order valence-electron chi connectivity index (χ2n) is 5.16. The normalized spacial score (nSPS) is 19.0. The standard InChI is InChI=1S/C15H24N4O/c1-2-19-9-3-4-14(19)11-17-15(20)18-13-7-5-12(10-16)6-8-13/h5-8,14H,2-4,9-11,16H2,1H3,(H2,17,18,20). The third-order valence-electron chi connectivity index (χ3n) is 3.85. The number of rotatable bonds is 5. The van der Waals surface area contributed by atoms with Crippen LogP contribution in [0.2, 0.25) is 0 Å². The lowest BCUT2D eigenvalue weighted by Gasteiger charge is -2.22. The number of hydrogen-bond donors (Lipinski definition) is 3. The van der Waals surface area contributed by atoms with E-state index in [1.807, 2.05) is 24.3 Å². The van der Waals surface area contributed by atoms with E-state index in [9.17, 15) is 4.79 Å². The van der Waals surface area contributed by atoms with E-state index in [-0.39, 0.29) is 6.03 Å². The van der Waals surface area contributed by atoms with Crippen LogP contribution in [0.25, 0.3) is 0 Å². The number of likely N-dealkylation sites (tertiary alicyclic amines) is 1. The number of nitrogens with zero attached hydrogens (tertiary/aromatic N) is 1. The molecule has 1 atom stereocenters. The van der Waals surface area contributed by atoms with Gasteiger partial charge in [0.15, 0.2) is 0 Å². The van der Waals surface area contributed by atoms with Crippen LogP contribution in [0.4, 0.5) is 10.5 Å². The summed E-state index contributed by atoms with van der Waals surface area (Å²) in [5, 5.41) is 5.79. The molecule has 1 unspecified atom stereocenters. The molecule has 5 heteroatoms. The van der Waals surface area contributed by atoms with Crippen molar-refractivity contribution in [3.8, 4) is 0 Å². The smallest absolute Gasteiger partial charge is 0.319 e. The fourth-order valence-electron chi connectivity index (χ4n) is 2.65. The van der Waals surface area contributed by atoms with Crippen LogP contribution in [-0.4, -0.2) is 36.6 Å². The average molecular weight is 276 g/mol. The van der Waals surface area contributed by atoms with Gasteiger partial charge in [-0.05, 0) is 43.6 Å². The Bertz CT molecular complexity index is 432. The minimum Gasteiger partial charge on any atom is -0.336 e. The summed E-state index contributed by atoms with van der Waals surface area (Å²) in [6.45, 7) is 5.58. The van der Waals surface area contributed by atoms with Crippen molar-refractivity contribution in [3.63, 3.8) is 0 Å². The van der Waals surface area contributed by atoms with Crippen molar-refractivity contribution in [2.75, 3.05) is 25.0 Å². The largest absolute Gasteiger partial charge is 0.336 e. The molecule has 1 aromatic carbocycles. The van der Waals surface area contributed by atoms with Gasteiger partial charge in [-0.2, -0.15) is 0 Å². The molecular formula is C15H24N4O. The van der Waals surface area contributed by atoms with E-state index < -0.39 is 0 Å². The zero-order valence-electron chi connectivity index (χ0n) is 12.1. The first-order valence-corrected chi connectivity index (χ1v) is 7.31. The summed E-state index contributed by atoms with van der Waals surface area (Å²) in [5.41, 5.74) is 7.39. The molecule has 1 saturated heterocycles. The molecule has 2 rings (SSSR count). The van der Waals surface area contributed by atoms with Gasteiger partial charge >= 0.3 is 6.03 Å². The maximum absolute atomic E-state index is 11.9. The highest BCUT2D eigenvalue weighted by molar-refractivity contribution is 5.89. The summed E-state index contributed by atoms with van der Waals surface area (Å²) >= 11 is 0. The number of carbonyl (C=O) groups excluding carboxylic acids is 1. The molecule has 0 saturated carbocycles. The Morgan fingerprint density at radius 2 is 2.15 bits per heavy atom. The monoisotopic (exact) mass is 276 g/mol. The number of benzene rings is 1. The van der Waals surface area contributed by atoms with E-state index in [0.29, 0.717) is 19.1 Å². The van der Waals surface area contributed by atoms with Crippen LogP contribution in [0.1, 0.15) is 25.3 Å². The van der Waals surface area contributed by atoms with Crippen molar-refractivity contribution in [1.29, 1.82) is 0 Å². The Kier molecular flexibility index (Phi) is 5.38. The van der Waals surface area contributed by atoms with Gasteiger partial charge in [0, 0.05) is 24.8 Å². The summed E-state index contributed by atoms with van der Waals surface area (Å²) < 4.78 is 0. The van der Waals surface area contributed by atoms with Crippen molar-refractivity contribution >= 4 is 11.7 Å². The van der Waals surface area contributed by atoms with Crippen molar-refractivity contribution in [1.82, 2.24) is 10.2 Å². The number of anilines is 1. The SMILES string of the molecule is CCN1CCCC1CNC(=O)Nc1ccc(CN)cc1. The average Bonchev–Trinajstić information content (AvgIpc) is 2.93. The Morgan fingerprint density at radius 1 is 1.40 bits per heavy atom. The fraction of sp³-hybridized carbons (Fsp3) is 0.533. The third kappa shape index (κ3) is 3.95. The first kappa shape index (κ1) is 14.8. The van der Waals surface area contributed by atoms with E-state index in [0.717, 1.165) is 24.3 Å². The number of nitrogens with two attached hydrogens (primary N) is 1. The number of amides is 2. The molecule has 4 N–H and O–H groups in total. The van der Waals surface area contributed by atoms with Crippen LogP contribution in [0.15, 0.2) is 24.3 Å². The van der Waals surface area contributed by atoms with E-state index in [1.165, 1.54) is 12.8 Å². The van der Waals surface area contributed by atoms with Crippen LogP contribution in [-0.2, 0) is 6.54 Å². The molecule has 0 radical (unpaired) electrons. The van der Waals surface area contributed by atoms with Gasteiger partial charge in [0.2, 0.25) is 0 Å². The van der Waals surface area contributed by atoms with Gasteiger partial charge in [0.05, 0.1) is 0 Å². The fourth-order valence-corrected chi connectivity index (χ4v) is 2.65. The Balaban J connectivity index is 1.77. The lowest BCUT2D eigenvalue weighted by atomic mass is 10.2. The summed E-state index contributed by atoms with van der Waals surface area (Å²) in [6.07, 6.45) is 2.39. The molecule has 110 valence electrons. The van der Waals surface area contributed by atoms with Crippen LogP contribution in [0, 0.1) is 0 Å². The molecular weight excluding hydrogens is 252 g/mol. The van der Waals surface area contributed by atoms with Gasteiger partial charge in [-0.15, -0.1) is 0 Å². The zero-order valence-corrected chi connectivity index (χ0v) is 12.1. The Hall–Kier alpha value is -1.59. The molecule has 20 heavy (non-hydrogen) atoms. The molecule has 2 amide bonds. The van der Waals surface area contributed by atoms with Crippen molar-refractivity contribution in [2.24, 2.45) is 5.73 Å². The second-order valence-corrected chi connectivity index (χ2v) is 5.16. The molecule has 1 aliphatic heterocycles. The number of likely N-dealkylation sites (N-methyl/N-ethyl adjacent to an activating group) is 1. The molecule has 1 aliphatic rings. The molecule has 1 heterocycles. The summed E-state index contributed by atoms with van der Waals surface area (Å²) in [7, 11) is 0. The zero-order chi connectivity index (χ0) is 14.4. The van der Waals surface area contributed by atoms with Gasteiger partial charge in [0.25, 0.3) is 0 Å². The van der Waals surface area contributed by atoms with Gasteiger partial charge in [-0.25, -0.2) is 4.79 Å². The Labute approximate surface area is 120 Å². The topological polar surface area (TPSA) is 70.4 Å². The first-order valence-electron chi connectivity index (χ1n) is 7.31. The highest BCUT2D eigenvalue weighted by Crippen LogP contribution is 2.15. The van der Waals surface area contributed by atoms with Gasteiger partial charge < -0.3 is 16.4 Å². The van der Waals surface area contributed by atoms with E-state index in [2.05, 4.69) is 22.5 Å². The van der Waals surface area contributed by atoms with Crippen LogP contribution < -0.4 is 16.4 Å². The molecule has 0 aromatic heterocycles. The highest BCUT2D eigenvalue weighted by Gasteiger charge is 2.22. The summed E-state index contributed by atoms with van der Waals surface area (Å²) in [5.74, 6) is 0. The second kappa shape index (κ2) is 7.26. The summed E-state index contributed by atoms with van der Waals surface area (Å²) in [6, 6.07) is 7.92. The van der Waals surface area contributed by atoms with Crippen molar-refractivity contribution < 1.29 is 4.79 Å². The lowest BCUT2D eigenvalue weighted by Crippen LogP contribution is -2.41. The molecule has 0 spiro atoms.